The van der Waals surface area contributed by atoms with Gasteiger partial charge in [-0.2, -0.15) is 0 Å². The highest BCUT2D eigenvalue weighted by molar-refractivity contribution is 14.1. The van der Waals surface area contributed by atoms with Crippen molar-refractivity contribution in [2.24, 2.45) is 0 Å². The molecule has 35 heavy (non-hydrogen) atoms. The number of halogens is 1. The Bertz CT molecular complexity index is 1120. The van der Waals surface area contributed by atoms with Crippen LogP contribution < -0.4 is 10.1 Å². The number of carbonyl (C=O) groups is 2. The van der Waals surface area contributed by atoms with E-state index in [4.69, 9.17) is 4.74 Å². The van der Waals surface area contributed by atoms with Crippen LogP contribution in [0.5, 0.6) is 5.75 Å². The quantitative estimate of drug-likeness (QED) is 0.337. The van der Waals surface area contributed by atoms with Crippen molar-refractivity contribution in [2.75, 3.05) is 6.61 Å². The summed E-state index contributed by atoms with van der Waals surface area (Å²) >= 11 is 2.23. The molecule has 184 valence electrons. The molecule has 0 saturated heterocycles. The van der Waals surface area contributed by atoms with E-state index in [0.29, 0.717) is 18.7 Å². The van der Waals surface area contributed by atoms with E-state index in [0.717, 1.165) is 20.3 Å². The Hall–Kier alpha value is -2.87. The topological polar surface area (TPSA) is 58.6 Å². The Morgan fingerprint density at radius 2 is 1.60 bits per heavy atom. The first-order valence-electron chi connectivity index (χ1n) is 11.7. The number of hydrogen-bond donors (Lipinski definition) is 1. The molecular weight excluding hydrogens is 551 g/mol. The lowest BCUT2D eigenvalue weighted by Gasteiger charge is -2.33. The van der Waals surface area contributed by atoms with Crippen molar-refractivity contribution in [3.8, 4) is 5.75 Å². The second-order valence-corrected chi connectivity index (χ2v) is 10.9. The molecule has 5 nitrogen and oxygen atoms in total. The number of carbonyl (C=O) groups excluding carboxylic acids is 2. The SMILES string of the molecule is Cc1cccc(CN(C(=O)COc2ccc(I)cc2)[C@@H](Cc2ccccc2)C(=O)NC(C)(C)C)c1. The lowest BCUT2D eigenvalue weighted by molar-refractivity contribution is -0.143. The van der Waals surface area contributed by atoms with Crippen molar-refractivity contribution >= 4 is 34.4 Å². The average molecular weight is 584 g/mol. The summed E-state index contributed by atoms with van der Waals surface area (Å²) in [4.78, 5) is 28.8. The minimum absolute atomic E-state index is 0.152. The number of amides is 2. The summed E-state index contributed by atoms with van der Waals surface area (Å²) in [6, 6.07) is 24.7. The molecule has 0 spiro atoms. The number of nitrogens with one attached hydrogen (secondary N) is 1. The van der Waals surface area contributed by atoms with Crippen LogP contribution in [-0.4, -0.2) is 34.9 Å². The predicted octanol–water partition coefficient (Wildman–Crippen LogP) is 5.53. The highest BCUT2D eigenvalue weighted by atomic mass is 127. The fraction of sp³-hybridized carbons (Fsp3) is 0.310. The van der Waals surface area contributed by atoms with E-state index in [-0.39, 0.29) is 18.4 Å². The molecule has 0 aliphatic carbocycles. The van der Waals surface area contributed by atoms with Gasteiger partial charge < -0.3 is 15.0 Å². The average Bonchev–Trinajstić information content (AvgIpc) is 2.80. The molecule has 3 rings (SSSR count). The molecule has 0 radical (unpaired) electrons. The maximum atomic E-state index is 13.6. The molecule has 0 heterocycles. The fourth-order valence-electron chi connectivity index (χ4n) is 3.77. The maximum Gasteiger partial charge on any atom is 0.261 e. The van der Waals surface area contributed by atoms with Crippen LogP contribution in [0.4, 0.5) is 0 Å². The summed E-state index contributed by atoms with van der Waals surface area (Å²) in [5.74, 6) is 0.194. The number of nitrogens with zero attached hydrogens (tertiary/aromatic N) is 1. The Kier molecular flexibility index (Phi) is 9.32. The Morgan fingerprint density at radius 3 is 2.23 bits per heavy atom. The van der Waals surface area contributed by atoms with E-state index in [2.05, 4.69) is 27.9 Å². The Labute approximate surface area is 222 Å². The highest BCUT2D eigenvalue weighted by Gasteiger charge is 2.32. The van der Waals surface area contributed by atoms with Gasteiger partial charge in [0.1, 0.15) is 11.8 Å². The minimum atomic E-state index is -0.690. The smallest absolute Gasteiger partial charge is 0.261 e. The highest BCUT2D eigenvalue weighted by Crippen LogP contribution is 2.18. The molecule has 0 aliphatic heterocycles. The van der Waals surface area contributed by atoms with Crippen LogP contribution in [0.3, 0.4) is 0 Å². The lowest BCUT2D eigenvalue weighted by atomic mass is 10.0. The third-order valence-electron chi connectivity index (χ3n) is 5.38. The zero-order valence-corrected chi connectivity index (χ0v) is 22.9. The van der Waals surface area contributed by atoms with E-state index in [1.54, 1.807) is 4.90 Å². The van der Waals surface area contributed by atoms with Gasteiger partial charge in [0.05, 0.1) is 0 Å². The van der Waals surface area contributed by atoms with Gasteiger partial charge in [-0.25, -0.2) is 0 Å². The molecule has 0 bridgehead atoms. The molecule has 0 unspecified atom stereocenters. The van der Waals surface area contributed by atoms with Gasteiger partial charge in [-0.3, -0.25) is 9.59 Å². The van der Waals surface area contributed by atoms with Gasteiger partial charge in [0, 0.05) is 22.1 Å². The van der Waals surface area contributed by atoms with Gasteiger partial charge in [-0.05, 0) is 85.7 Å². The van der Waals surface area contributed by atoms with Crippen LogP contribution in [0.2, 0.25) is 0 Å². The van der Waals surface area contributed by atoms with Crippen molar-refractivity contribution in [2.45, 2.75) is 52.2 Å². The summed E-state index contributed by atoms with van der Waals surface area (Å²) in [5.41, 5.74) is 2.63. The van der Waals surface area contributed by atoms with Crippen LogP contribution in [0.1, 0.15) is 37.5 Å². The van der Waals surface area contributed by atoms with E-state index < -0.39 is 11.6 Å². The van der Waals surface area contributed by atoms with Crippen molar-refractivity contribution in [3.63, 3.8) is 0 Å². The molecule has 0 saturated carbocycles. The standard InChI is InChI=1S/C29H33IN2O3/c1-21-9-8-12-23(17-21)19-32(27(33)20-35-25-15-13-24(30)14-16-25)26(28(34)31-29(2,3)4)18-22-10-6-5-7-11-22/h5-17,26H,18-20H2,1-4H3,(H,31,34)/t26-/m0/s1. The monoisotopic (exact) mass is 584 g/mol. The van der Waals surface area contributed by atoms with Crippen molar-refractivity contribution in [1.29, 1.82) is 0 Å². The first-order chi connectivity index (χ1) is 16.6. The van der Waals surface area contributed by atoms with E-state index in [1.807, 2.05) is 107 Å². The Balaban J connectivity index is 1.92. The van der Waals surface area contributed by atoms with Gasteiger partial charge >= 0.3 is 0 Å². The number of ether oxygens (including phenoxy) is 1. The second kappa shape index (κ2) is 12.2. The minimum Gasteiger partial charge on any atom is -0.484 e. The third kappa shape index (κ3) is 8.69. The molecule has 3 aromatic carbocycles. The van der Waals surface area contributed by atoms with Crippen LogP contribution >= 0.6 is 22.6 Å². The van der Waals surface area contributed by atoms with E-state index in [1.165, 1.54) is 0 Å². The van der Waals surface area contributed by atoms with Crippen LogP contribution in [0, 0.1) is 10.5 Å². The van der Waals surface area contributed by atoms with E-state index in [9.17, 15) is 9.59 Å². The molecule has 3 aromatic rings. The lowest BCUT2D eigenvalue weighted by Crippen LogP contribution is -2.55. The largest absolute Gasteiger partial charge is 0.484 e. The zero-order chi connectivity index (χ0) is 25.4. The summed E-state index contributed by atoms with van der Waals surface area (Å²) in [5, 5.41) is 3.08. The van der Waals surface area contributed by atoms with Gasteiger partial charge in [-0.1, -0.05) is 60.2 Å². The number of rotatable bonds is 9. The molecule has 0 aliphatic rings. The van der Waals surface area contributed by atoms with E-state index >= 15 is 0 Å². The third-order valence-corrected chi connectivity index (χ3v) is 6.10. The maximum absolute atomic E-state index is 13.6. The first kappa shape index (κ1) is 26.7. The molecular formula is C29H33IN2O3. The van der Waals surface area contributed by atoms with Gasteiger partial charge in [0.15, 0.2) is 6.61 Å². The summed E-state index contributed by atoms with van der Waals surface area (Å²) in [6.45, 7) is 8.00. The van der Waals surface area contributed by atoms with Crippen molar-refractivity contribution in [1.82, 2.24) is 10.2 Å². The van der Waals surface area contributed by atoms with Crippen LogP contribution in [0.25, 0.3) is 0 Å². The molecule has 6 heteroatoms. The normalized spacial score (nSPS) is 12.0. The van der Waals surface area contributed by atoms with Crippen molar-refractivity contribution in [3.05, 3.63) is 99.1 Å². The zero-order valence-electron chi connectivity index (χ0n) is 20.8. The molecule has 1 atom stereocenters. The van der Waals surface area contributed by atoms with Gasteiger partial charge in [0.25, 0.3) is 5.91 Å². The summed E-state index contributed by atoms with van der Waals surface area (Å²) in [6.07, 6.45) is 0.407. The molecule has 2 amide bonds. The van der Waals surface area contributed by atoms with Crippen LogP contribution in [0.15, 0.2) is 78.9 Å². The number of hydrogen-bond acceptors (Lipinski definition) is 3. The van der Waals surface area contributed by atoms with Gasteiger partial charge in [-0.15, -0.1) is 0 Å². The molecule has 0 aromatic heterocycles. The van der Waals surface area contributed by atoms with Gasteiger partial charge in [0.2, 0.25) is 5.91 Å². The summed E-state index contributed by atoms with van der Waals surface area (Å²) in [7, 11) is 0. The van der Waals surface area contributed by atoms with Crippen molar-refractivity contribution < 1.29 is 14.3 Å². The first-order valence-corrected chi connectivity index (χ1v) is 12.8. The second-order valence-electron chi connectivity index (χ2n) is 9.70. The fourth-order valence-corrected chi connectivity index (χ4v) is 4.13. The molecule has 1 N–H and O–H groups in total. The van der Waals surface area contributed by atoms with Crippen LogP contribution in [-0.2, 0) is 22.6 Å². The number of aryl methyl sites for hydroxylation is 1. The Morgan fingerprint density at radius 1 is 0.943 bits per heavy atom. The predicted molar refractivity (Wildman–Crippen MR) is 148 cm³/mol. The summed E-state index contributed by atoms with van der Waals surface area (Å²) < 4.78 is 6.91. The number of benzene rings is 3. The molecule has 0 fully saturated rings.